The van der Waals surface area contributed by atoms with Gasteiger partial charge in [0.15, 0.2) is 0 Å². The molecule has 1 aromatic carbocycles. The van der Waals surface area contributed by atoms with E-state index in [-0.39, 0.29) is 12.1 Å². The Kier molecular flexibility index (Phi) is 4.01. The number of anilines is 2. The number of nitrogens with one attached hydrogen (secondary N) is 1. The second-order valence-electron chi connectivity index (χ2n) is 6.38. The Labute approximate surface area is 146 Å². The van der Waals surface area contributed by atoms with Crippen molar-refractivity contribution in [1.82, 2.24) is 14.9 Å². The van der Waals surface area contributed by atoms with Crippen LogP contribution >= 0.6 is 0 Å². The van der Waals surface area contributed by atoms with E-state index in [1.54, 1.807) is 24.3 Å². The van der Waals surface area contributed by atoms with Crippen molar-refractivity contribution < 1.29 is 9.53 Å². The molecule has 25 heavy (non-hydrogen) atoms. The molecule has 0 saturated carbocycles. The first-order valence-electron chi connectivity index (χ1n) is 8.43. The summed E-state index contributed by atoms with van der Waals surface area (Å²) in [6.07, 6.45) is 3.31. The summed E-state index contributed by atoms with van der Waals surface area (Å²) in [5, 5.41) is 3.42. The molecule has 0 radical (unpaired) electrons. The molecule has 2 aliphatic heterocycles. The number of ether oxygens (including phenoxy) is 1. The quantitative estimate of drug-likeness (QED) is 0.900. The van der Waals surface area contributed by atoms with E-state index in [2.05, 4.69) is 20.2 Å². The maximum atomic E-state index is 12.8. The van der Waals surface area contributed by atoms with Gasteiger partial charge < -0.3 is 19.9 Å². The number of amides is 1. The lowest BCUT2D eigenvalue weighted by Crippen LogP contribution is -2.41. The molecule has 1 aromatic heterocycles. The van der Waals surface area contributed by atoms with Crippen molar-refractivity contribution in [3.8, 4) is 0 Å². The molecule has 1 fully saturated rings. The summed E-state index contributed by atoms with van der Waals surface area (Å²) in [4.78, 5) is 25.5. The van der Waals surface area contributed by atoms with Gasteiger partial charge in [-0.1, -0.05) is 12.1 Å². The van der Waals surface area contributed by atoms with Crippen LogP contribution in [0.5, 0.6) is 0 Å². The van der Waals surface area contributed by atoms with Gasteiger partial charge in [-0.3, -0.25) is 4.79 Å². The van der Waals surface area contributed by atoms with E-state index in [9.17, 15) is 4.79 Å². The Bertz CT molecular complexity index is 787. The Hall–Kier alpha value is -2.67. The molecule has 1 atom stereocenters. The number of morpholine rings is 1. The van der Waals surface area contributed by atoms with E-state index in [1.165, 1.54) is 0 Å². The smallest absolute Gasteiger partial charge is 0.257 e. The van der Waals surface area contributed by atoms with Crippen LogP contribution in [0.25, 0.3) is 0 Å². The molecule has 3 heterocycles. The molecule has 1 N–H and O–H groups in total. The molecular formula is C18H21N5O2. The lowest BCUT2D eigenvalue weighted by Gasteiger charge is -2.36. The van der Waals surface area contributed by atoms with Crippen molar-refractivity contribution >= 4 is 17.5 Å². The van der Waals surface area contributed by atoms with Crippen LogP contribution in [0.1, 0.15) is 27.7 Å². The van der Waals surface area contributed by atoms with Gasteiger partial charge in [-0.2, -0.15) is 0 Å². The van der Waals surface area contributed by atoms with Gasteiger partial charge in [0.05, 0.1) is 18.8 Å². The summed E-state index contributed by atoms with van der Waals surface area (Å²) in [7, 11) is 1.80. The molecule has 0 bridgehead atoms. The van der Waals surface area contributed by atoms with Crippen LogP contribution in [-0.2, 0) is 4.74 Å². The number of fused-ring (bicyclic) bond motifs is 1. The van der Waals surface area contributed by atoms with E-state index in [0.29, 0.717) is 19.2 Å². The van der Waals surface area contributed by atoms with E-state index in [1.807, 2.05) is 25.1 Å². The minimum atomic E-state index is -0.277. The highest BCUT2D eigenvalue weighted by Gasteiger charge is 2.31. The fourth-order valence-electron chi connectivity index (χ4n) is 3.32. The molecule has 2 aliphatic rings. The van der Waals surface area contributed by atoms with Crippen LogP contribution in [0.15, 0.2) is 30.6 Å². The molecule has 0 aliphatic carbocycles. The lowest BCUT2D eigenvalue weighted by molar-refractivity contribution is 0.0734. The molecular weight excluding hydrogens is 318 g/mol. The van der Waals surface area contributed by atoms with Crippen molar-refractivity contribution in [3.05, 3.63) is 47.3 Å². The second-order valence-corrected chi connectivity index (χ2v) is 6.38. The van der Waals surface area contributed by atoms with Crippen molar-refractivity contribution in [2.24, 2.45) is 0 Å². The molecule has 2 aromatic rings. The molecule has 7 nitrogen and oxygen atoms in total. The number of benzene rings is 1. The number of carbonyl (C=O) groups excluding carboxylic acids is 1. The zero-order valence-electron chi connectivity index (χ0n) is 14.4. The molecule has 4 rings (SSSR count). The van der Waals surface area contributed by atoms with Gasteiger partial charge in [-0.05, 0) is 18.6 Å². The SMILES string of the molecule is Cc1cccc2c1C(=O)N(C)C(c1cnc(N3CCOCC3)nc1)N2. The van der Waals surface area contributed by atoms with Gasteiger partial charge in [-0.15, -0.1) is 0 Å². The van der Waals surface area contributed by atoms with Crippen LogP contribution in [0.4, 0.5) is 11.6 Å². The Morgan fingerprint density at radius 2 is 1.92 bits per heavy atom. The third-order valence-corrected chi connectivity index (χ3v) is 4.75. The molecule has 0 spiro atoms. The van der Waals surface area contributed by atoms with Gasteiger partial charge >= 0.3 is 0 Å². The van der Waals surface area contributed by atoms with Crippen LogP contribution in [0.3, 0.4) is 0 Å². The number of hydrogen-bond donors (Lipinski definition) is 1. The van der Waals surface area contributed by atoms with E-state index >= 15 is 0 Å². The van der Waals surface area contributed by atoms with E-state index in [0.717, 1.165) is 35.5 Å². The largest absolute Gasteiger partial charge is 0.378 e. The van der Waals surface area contributed by atoms with Crippen molar-refractivity contribution in [2.45, 2.75) is 13.1 Å². The summed E-state index contributed by atoms with van der Waals surface area (Å²) in [5.41, 5.74) is 3.41. The zero-order chi connectivity index (χ0) is 17.4. The van der Waals surface area contributed by atoms with Crippen LogP contribution in [0.2, 0.25) is 0 Å². The van der Waals surface area contributed by atoms with Crippen molar-refractivity contribution in [2.75, 3.05) is 43.6 Å². The van der Waals surface area contributed by atoms with E-state index < -0.39 is 0 Å². The molecule has 1 unspecified atom stereocenters. The second kappa shape index (κ2) is 6.33. The number of aromatic nitrogens is 2. The van der Waals surface area contributed by atoms with Crippen LogP contribution in [0, 0.1) is 6.92 Å². The van der Waals surface area contributed by atoms with Gasteiger partial charge in [0.25, 0.3) is 5.91 Å². The Balaban J connectivity index is 1.60. The first-order chi connectivity index (χ1) is 12.1. The lowest BCUT2D eigenvalue weighted by atomic mass is 10.0. The average Bonchev–Trinajstić information content (AvgIpc) is 2.65. The first-order valence-corrected chi connectivity index (χ1v) is 8.43. The fourth-order valence-corrected chi connectivity index (χ4v) is 3.32. The maximum Gasteiger partial charge on any atom is 0.257 e. The maximum absolute atomic E-state index is 12.8. The zero-order valence-corrected chi connectivity index (χ0v) is 14.4. The van der Waals surface area contributed by atoms with E-state index in [4.69, 9.17) is 4.74 Å². The minimum Gasteiger partial charge on any atom is -0.378 e. The molecule has 1 saturated heterocycles. The van der Waals surface area contributed by atoms with Crippen LogP contribution < -0.4 is 10.2 Å². The number of aryl methyl sites for hydroxylation is 1. The highest BCUT2D eigenvalue weighted by molar-refractivity contribution is 6.02. The van der Waals surface area contributed by atoms with Gasteiger partial charge in [-0.25, -0.2) is 9.97 Å². The summed E-state index contributed by atoms with van der Waals surface area (Å²) in [6.45, 7) is 4.94. The first kappa shape index (κ1) is 15.8. The molecule has 1 amide bonds. The highest BCUT2D eigenvalue weighted by Crippen LogP contribution is 2.33. The fraction of sp³-hybridized carbons (Fsp3) is 0.389. The van der Waals surface area contributed by atoms with Gasteiger partial charge in [0.2, 0.25) is 5.95 Å². The number of rotatable bonds is 2. The summed E-state index contributed by atoms with van der Waals surface area (Å²) < 4.78 is 5.36. The molecule has 7 heteroatoms. The number of carbonyl (C=O) groups is 1. The summed E-state index contributed by atoms with van der Waals surface area (Å²) in [5.74, 6) is 0.710. The predicted octanol–water partition coefficient (Wildman–Crippen LogP) is 1.82. The number of hydrogen-bond acceptors (Lipinski definition) is 6. The standard InChI is InChI=1S/C18H21N5O2/c1-12-4-3-5-14-15(12)17(24)22(2)16(21-14)13-10-19-18(20-11-13)23-6-8-25-9-7-23/h3-5,10-11,16,21H,6-9H2,1-2H3. The third kappa shape index (κ3) is 2.80. The Morgan fingerprint density at radius 3 is 2.64 bits per heavy atom. The highest BCUT2D eigenvalue weighted by atomic mass is 16.5. The number of nitrogens with zero attached hydrogens (tertiary/aromatic N) is 4. The predicted molar refractivity (Wildman–Crippen MR) is 94.7 cm³/mol. The monoisotopic (exact) mass is 339 g/mol. The minimum absolute atomic E-state index is 0.00843. The summed E-state index contributed by atoms with van der Waals surface area (Å²) >= 11 is 0. The topological polar surface area (TPSA) is 70.6 Å². The van der Waals surface area contributed by atoms with Gasteiger partial charge in [0.1, 0.15) is 6.17 Å². The Morgan fingerprint density at radius 1 is 1.20 bits per heavy atom. The average molecular weight is 339 g/mol. The van der Waals surface area contributed by atoms with Crippen LogP contribution in [-0.4, -0.2) is 54.1 Å². The third-order valence-electron chi connectivity index (χ3n) is 4.75. The molecule has 130 valence electrons. The normalized spacial score (nSPS) is 20.2. The summed E-state index contributed by atoms with van der Waals surface area (Å²) in [6, 6.07) is 5.84. The van der Waals surface area contributed by atoms with Crippen molar-refractivity contribution in [1.29, 1.82) is 0 Å². The van der Waals surface area contributed by atoms with Crippen molar-refractivity contribution in [3.63, 3.8) is 0 Å². The van der Waals surface area contributed by atoms with Gasteiger partial charge in [0, 0.05) is 43.8 Å².